The Morgan fingerprint density at radius 2 is 2.17 bits per heavy atom. The van der Waals surface area contributed by atoms with Crippen LogP contribution in [0.4, 0.5) is 4.79 Å². The minimum atomic E-state index is -0.940. The van der Waals surface area contributed by atoms with E-state index in [4.69, 9.17) is 9.84 Å². The summed E-state index contributed by atoms with van der Waals surface area (Å²) in [5.74, 6) is -0.836. The number of nitrogens with zero attached hydrogens (tertiary/aromatic N) is 1. The van der Waals surface area contributed by atoms with Crippen LogP contribution in [0.25, 0.3) is 0 Å². The molecule has 1 aliphatic carbocycles. The van der Waals surface area contributed by atoms with E-state index < -0.39 is 12.0 Å². The van der Waals surface area contributed by atoms with Crippen LogP contribution >= 0.6 is 0 Å². The maximum absolute atomic E-state index is 12.0. The fraction of sp³-hybridized carbons (Fsp3) is 0.833. The summed E-state index contributed by atoms with van der Waals surface area (Å²) in [6, 6.07) is -1.02. The van der Waals surface area contributed by atoms with Gasteiger partial charge in [-0.3, -0.25) is 0 Å². The zero-order valence-electron chi connectivity index (χ0n) is 10.6. The largest absolute Gasteiger partial charge is 0.480 e. The predicted molar refractivity (Wildman–Crippen MR) is 64.3 cm³/mol. The number of rotatable bonds is 3. The van der Waals surface area contributed by atoms with Gasteiger partial charge in [-0.05, 0) is 32.1 Å². The van der Waals surface area contributed by atoms with Crippen molar-refractivity contribution in [1.29, 1.82) is 0 Å². The standard InChI is InChI=1S/C12H20N2O4/c1-8-7-14(5-2-6-18-8)12(17)13-10(11(15)16)9-3-4-9/h8-10H,2-7H2,1H3,(H,13,17)(H,15,16). The average molecular weight is 256 g/mol. The number of nitrogens with one attached hydrogen (secondary N) is 1. The van der Waals surface area contributed by atoms with Crippen molar-refractivity contribution in [3.63, 3.8) is 0 Å². The van der Waals surface area contributed by atoms with Gasteiger partial charge in [0.1, 0.15) is 6.04 Å². The first-order valence-electron chi connectivity index (χ1n) is 6.48. The molecule has 0 aromatic rings. The van der Waals surface area contributed by atoms with Gasteiger partial charge in [0.15, 0.2) is 0 Å². The molecule has 0 aromatic heterocycles. The molecular formula is C12H20N2O4. The van der Waals surface area contributed by atoms with E-state index in [-0.39, 0.29) is 18.1 Å². The molecule has 18 heavy (non-hydrogen) atoms. The lowest BCUT2D eigenvalue weighted by Gasteiger charge is -2.24. The van der Waals surface area contributed by atoms with Crippen molar-refractivity contribution in [1.82, 2.24) is 10.2 Å². The average Bonchev–Trinajstić information content (AvgIpc) is 3.12. The molecule has 1 aliphatic heterocycles. The third kappa shape index (κ3) is 3.35. The highest BCUT2D eigenvalue weighted by atomic mass is 16.5. The summed E-state index contributed by atoms with van der Waals surface area (Å²) in [7, 11) is 0. The van der Waals surface area contributed by atoms with Gasteiger partial charge in [0.25, 0.3) is 0 Å². The Bertz CT molecular complexity index is 330. The zero-order chi connectivity index (χ0) is 13.1. The van der Waals surface area contributed by atoms with Crippen LogP contribution in [0.1, 0.15) is 26.2 Å². The molecule has 1 heterocycles. The highest BCUT2D eigenvalue weighted by molar-refractivity contribution is 5.83. The van der Waals surface area contributed by atoms with Gasteiger partial charge >= 0.3 is 12.0 Å². The van der Waals surface area contributed by atoms with Crippen molar-refractivity contribution < 1.29 is 19.4 Å². The third-order valence-electron chi connectivity index (χ3n) is 3.38. The fourth-order valence-electron chi connectivity index (χ4n) is 2.21. The van der Waals surface area contributed by atoms with Crippen molar-refractivity contribution >= 4 is 12.0 Å². The minimum Gasteiger partial charge on any atom is -0.480 e. The summed E-state index contributed by atoms with van der Waals surface area (Å²) in [6.07, 6.45) is 2.56. The van der Waals surface area contributed by atoms with E-state index in [0.717, 1.165) is 19.3 Å². The number of hydrogen-bond donors (Lipinski definition) is 2. The van der Waals surface area contributed by atoms with Crippen molar-refractivity contribution in [3.8, 4) is 0 Å². The molecule has 2 aliphatic rings. The number of carboxylic acids is 1. The van der Waals surface area contributed by atoms with Gasteiger partial charge in [0.2, 0.25) is 0 Å². The normalized spacial score (nSPS) is 26.3. The van der Waals surface area contributed by atoms with E-state index in [1.807, 2.05) is 6.92 Å². The van der Waals surface area contributed by atoms with Crippen molar-refractivity contribution in [2.75, 3.05) is 19.7 Å². The van der Waals surface area contributed by atoms with Gasteiger partial charge in [-0.15, -0.1) is 0 Å². The predicted octanol–water partition coefficient (Wildman–Crippen LogP) is 0.670. The number of carbonyl (C=O) groups excluding carboxylic acids is 1. The molecule has 2 unspecified atom stereocenters. The molecule has 2 rings (SSSR count). The van der Waals surface area contributed by atoms with Gasteiger partial charge in [-0.2, -0.15) is 0 Å². The number of ether oxygens (including phenoxy) is 1. The van der Waals surface area contributed by atoms with Crippen LogP contribution in [0.5, 0.6) is 0 Å². The van der Waals surface area contributed by atoms with Crippen LogP contribution in [0.15, 0.2) is 0 Å². The Labute approximate surface area is 106 Å². The lowest BCUT2D eigenvalue weighted by Crippen LogP contribution is -2.50. The molecule has 2 N–H and O–H groups in total. The molecule has 6 heteroatoms. The van der Waals surface area contributed by atoms with Crippen molar-refractivity contribution in [3.05, 3.63) is 0 Å². The maximum atomic E-state index is 12.0. The first-order chi connectivity index (χ1) is 8.58. The highest BCUT2D eigenvalue weighted by Crippen LogP contribution is 2.32. The second-order valence-electron chi connectivity index (χ2n) is 5.08. The van der Waals surface area contributed by atoms with E-state index in [0.29, 0.717) is 19.7 Å². The minimum absolute atomic E-state index is 0.00227. The molecule has 1 saturated heterocycles. The quantitative estimate of drug-likeness (QED) is 0.778. The van der Waals surface area contributed by atoms with E-state index in [1.54, 1.807) is 4.90 Å². The first kappa shape index (κ1) is 13.1. The van der Waals surface area contributed by atoms with Gasteiger partial charge in [-0.25, -0.2) is 9.59 Å². The summed E-state index contributed by atoms with van der Waals surface area (Å²) in [4.78, 5) is 24.8. The number of hydrogen-bond acceptors (Lipinski definition) is 3. The number of carboxylic acid groups (broad SMARTS) is 1. The van der Waals surface area contributed by atoms with E-state index in [1.165, 1.54) is 0 Å². The molecular weight excluding hydrogens is 236 g/mol. The third-order valence-corrected chi connectivity index (χ3v) is 3.38. The van der Waals surface area contributed by atoms with Crippen molar-refractivity contribution in [2.45, 2.75) is 38.3 Å². The van der Waals surface area contributed by atoms with Crippen LogP contribution in [0.2, 0.25) is 0 Å². The van der Waals surface area contributed by atoms with Crippen LogP contribution in [0.3, 0.4) is 0 Å². The van der Waals surface area contributed by atoms with Crippen molar-refractivity contribution in [2.24, 2.45) is 5.92 Å². The first-order valence-corrected chi connectivity index (χ1v) is 6.48. The number of aliphatic carboxylic acids is 1. The molecule has 0 bridgehead atoms. The fourth-order valence-corrected chi connectivity index (χ4v) is 2.21. The van der Waals surface area contributed by atoms with Gasteiger partial charge in [0, 0.05) is 19.7 Å². The van der Waals surface area contributed by atoms with Crippen LogP contribution in [0, 0.1) is 5.92 Å². The molecule has 0 spiro atoms. The molecule has 6 nitrogen and oxygen atoms in total. The lowest BCUT2D eigenvalue weighted by molar-refractivity contribution is -0.139. The summed E-state index contributed by atoms with van der Waals surface area (Å²) in [5.41, 5.74) is 0. The second kappa shape index (κ2) is 5.56. The monoisotopic (exact) mass is 256 g/mol. The molecule has 1 saturated carbocycles. The Kier molecular flexibility index (Phi) is 4.06. The van der Waals surface area contributed by atoms with Gasteiger partial charge in [0.05, 0.1) is 6.10 Å². The highest BCUT2D eigenvalue weighted by Gasteiger charge is 2.38. The maximum Gasteiger partial charge on any atom is 0.326 e. The number of amides is 2. The summed E-state index contributed by atoms with van der Waals surface area (Å²) >= 11 is 0. The summed E-state index contributed by atoms with van der Waals surface area (Å²) < 4.78 is 5.46. The Hall–Kier alpha value is -1.30. The molecule has 2 atom stereocenters. The van der Waals surface area contributed by atoms with E-state index in [2.05, 4.69) is 5.32 Å². The Morgan fingerprint density at radius 1 is 1.44 bits per heavy atom. The molecule has 102 valence electrons. The topological polar surface area (TPSA) is 78.9 Å². The lowest BCUT2D eigenvalue weighted by atomic mass is 10.2. The zero-order valence-corrected chi connectivity index (χ0v) is 10.6. The Balaban J connectivity index is 1.90. The Morgan fingerprint density at radius 3 is 2.78 bits per heavy atom. The smallest absolute Gasteiger partial charge is 0.326 e. The van der Waals surface area contributed by atoms with E-state index in [9.17, 15) is 9.59 Å². The van der Waals surface area contributed by atoms with Crippen LogP contribution in [-0.4, -0.2) is 53.8 Å². The molecule has 2 amide bonds. The van der Waals surface area contributed by atoms with Gasteiger partial charge < -0.3 is 20.1 Å². The van der Waals surface area contributed by atoms with Crippen LogP contribution in [-0.2, 0) is 9.53 Å². The van der Waals surface area contributed by atoms with Gasteiger partial charge in [-0.1, -0.05) is 0 Å². The SMILES string of the molecule is CC1CN(C(=O)NC(C(=O)O)C2CC2)CCCO1. The van der Waals surface area contributed by atoms with Crippen LogP contribution < -0.4 is 5.32 Å². The second-order valence-corrected chi connectivity index (χ2v) is 5.08. The summed E-state index contributed by atoms with van der Waals surface area (Å²) in [5, 5.41) is 11.7. The molecule has 0 aromatic carbocycles. The van der Waals surface area contributed by atoms with E-state index >= 15 is 0 Å². The molecule has 2 fully saturated rings. The number of urea groups is 1. The summed E-state index contributed by atoms with van der Waals surface area (Å²) in [6.45, 7) is 3.70. The number of carbonyl (C=O) groups is 2. The molecule has 0 radical (unpaired) electrons.